The number of hydrogen-bond acceptors (Lipinski definition) is 4. The SMILES string of the molecule is CC(C(=O)O)S(=O)(=O)C(C)C(=O)N(C)C. The average molecular weight is 237 g/mol. The molecule has 2 unspecified atom stereocenters. The van der Waals surface area contributed by atoms with Crippen molar-refractivity contribution in [3.8, 4) is 0 Å². The Bertz CT molecular complexity index is 359. The lowest BCUT2D eigenvalue weighted by atomic mass is 10.4. The molecule has 0 aromatic carbocycles. The molecule has 6 nitrogen and oxygen atoms in total. The van der Waals surface area contributed by atoms with E-state index in [0.717, 1.165) is 11.8 Å². The maximum absolute atomic E-state index is 11.6. The van der Waals surface area contributed by atoms with Gasteiger partial charge in [0.15, 0.2) is 15.1 Å². The molecule has 0 aliphatic rings. The first-order valence-electron chi connectivity index (χ1n) is 4.29. The highest BCUT2D eigenvalue weighted by Crippen LogP contribution is 2.11. The number of rotatable bonds is 4. The van der Waals surface area contributed by atoms with E-state index in [1.54, 1.807) is 0 Å². The Kier molecular flexibility index (Phi) is 4.27. The Balaban J connectivity index is 5.06. The number of hydrogen-bond donors (Lipinski definition) is 1. The van der Waals surface area contributed by atoms with E-state index in [-0.39, 0.29) is 0 Å². The lowest BCUT2D eigenvalue weighted by Crippen LogP contribution is -2.43. The van der Waals surface area contributed by atoms with E-state index in [2.05, 4.69) is 0 Å². The number of carbonyl (C=O) groups is 2. The first-order valence-corrected chi connectivity index (χ1v) is 5.90. The van der Waals surface area contributed by atoms with Crippen LogP contribution < -0.4 is 0 Å². The number of amides is 1. The summed E-state index contributed by atoms with van der Waals surface area (Å²) in [5, 5.41) is 5.68. The van der Waals surface area contributed by atoms with Crippen molar-refractivity contribution in [3.63, 3.8) is 0 Å². The highest BCUT2D eigenvalue weighted by molar-refractivity contribution is 7.94. The van der Waals surface area contributed by atoms with Crippen LogP contribution >= 0.6 is 0 Å². The zero-order chi connectivity index (χ0) is 12.4. The first kappa shape index (κ1) is 13.9. The van der Waals surface area contributed by atoms with Crippen molar-refractivity contribution in [3.05, 3.63) is 0 Å². The van der Waals surface area contributed by atoms with E-state index in [1.165, 1.54) is 21.0 Å². The third kappa shape index (κ3) is 2.92. The first-order chi connectivity index (χ1) is 6.62. The number of sulfone groups is 1. The molecule has 0 aromatic heterocycles. The van der Waals surface area contributed by atoms with Gasteiger partial charge in [-0.1, -0.05) is 0 Å². The zero-order valence-corrected chi connectivity index (χ0v) is 9.91. The van der Waals surface area contributed by atoms with Crippen LogP contribution in [0.25, 0.3) is 0 Å². The number of carbonyl (C=O) groups excluding carboxylic acids is 1. The van der Waals surface area contributed by atoms with Crippen molar-refractivity contribution in [2.75, 3.05) is 14.1 Å². The monoisotopic (exact) mass is 237 g/mol. The van der Waals surface area contributed by atoms with Gasteiger partial charge in [-0.05, 0) is 13.8 Å². The van der Waals surface area contributed by atoms with Gasteiger partial charge in [-0.15, -0.1) is 0 Å². The van der Waals surface area contributed by atoms with Crippen LogP contribution in [-0.4, -0.2) is 54.9 Å². The molecule has 15 heavy (non-hydrogen) atoms. The Morgan fingerprint density at radius 3 is 1.80 bits per heavy atom. The third-order valence-corrected chi connectivity index (χ3v) is 4.50. The summed E-state index contributed by atoms with van der Waals surface area (Å²) in [5.74, 6) is -2.07. The Morgan fingerprint density at radius 1 is 1.13 bits per heavy atom. The minimum absolute atomic E-state index is 0.622. The molecule has 0 aliphatic carbocycles. The van der Waals surface area contributed by atoms with Crippen LogP contribution in [0.3, 0.4) is 0 Å². The van der Waals surface area contributed by atoms with Gasteiger partial charge in [-0.25, -0.2) is 8.42 Å². The van der Waals surface area contributed by atoms with Crippen LogP contribution in [0.4, 0.5) is 0 Å². The fraction of sp³-hybridized carbons (Fsp3) is 0.750. The molecule has 2 atom stereocenters. The van der Waals surface area contributed by atoms with E-state index < -0.39 is 32.2 Å². The van der Waals surface area contributed by atoms with E-state index in [0.29, 0.717) is 0 Å². The molecule has 0 saturated heterocycles. The number of carboxylic acid groups (broad SMARTS) is 1. The van der Waals surface area contributed by atoms with Crippen LogP contribution in [0.1, 0.15) is 13.8 Å². The summed E-state index contributed by atoms with van der Waals surface area (Å²) in [5.41, 5.74) is 0. The molecular formula is C8H15NO5S. The van der Waals surface area contributed by atoms with Crippen molar-refractivity contribution in [1.29, 1.82) is 0 Å². The summed E-state index contributed by atoms with van der Waals surface area (Å²) in [7, 11) is -1.14. The van der Waals surface area contributed by atoms with Gasteiger partial charge in [0.05, 0.1) is 0 Å². The maximum Gasteiger partial charge on any atom is 0.321 e. The van der Waals surface area contributed by atoms with Crippen molar-refractivity contribution in [1.82, 2.24) is 4.90 Å². The summed E-state index contributed by atoms with van der Waals surface area (Å²) < 4.78 is 23.2. The topological polar surface area (TPSA) is 91.7 Å². The normalized spacial score (nSPS) is 15.5. The largest absolute Gasteiger partial charge is 0.480 e. The van der Waals surface area contributed by atoms with Crippen LogP contribution in [0.15, 0.2) is 0 Å². The quantitative estimate of drug-likeness (QED) is 0.701. The standard InChI is InChI=1S/C8H15NO5S/c1-5(7(10)9(3)4)15(13,14)6(2)8(11)12/h5-6H,1-4H3,(H,11,12). The van der Waals surface area contributed by atoms with Crippen LogP contribution in [0.2, 0.25) is 0 Å². The average Bonchev–Trinajstić information content (AvgIpc) is 2.13. The van der Waals surface area contributed by atoms with Crippen molar-refractivity contribution in [2.45, 2.75) is 24.3 Å². The Morgan fingerprint density at radius 2 is 1.53 bits per heavy atom. The molecular weight excluding hydrogens is 222 g/mol. The van der Waals surface area contributed by atoms with Gasteiger partial charge in [0.25, 0.3) is 0 Å². The number of nitrogens with zero attached hydrogens (tertiary/aromatic N) is 1. The van der Waals surface area contributed by atoms with Crippen molar-refractivity contribution < 1.29 is 23.1 Å². The number of carboxylic acids is 1. The maximum atomic E-state index is 11.6. The molecule has 0 heterocycles. The van der Waals surface area contributed by atoms with Gasteiger partial charge in [-0.2, -0.15) is 0 Å². The van der Waals surface area contributed by atoms with Gasteiger partial charge < -0.3 is 10.0 Å². The Hall–Kier alpha value is -1.11. The van der Waals surface area contributed by atoms with E-state index in [9.17, 15) is 18.0 Å². The second kappa shape index (κ2) is 4.61. The summed E-state index contributed by atoms with van der Waals surface area (Å²) in [6, 6.07) is 0. The van der Waals surface area contributed by atoms with Gasteiger partial charge in [0.2, 0.25) is 5.91 Å². The summed E-state index contributed by atoms with van der Waals surface area (Å²) in [4.78, 5) is 23.0. The molecule has 0 spiro atoms. The highest BCUT2D eigenvalue weighted by atomic mass is 32.2. The predicted molar refractivity (Wildman–Crippen MR) is 54.2 cm³/mol. The van der Waals surface area contributed by atoms with Crippen molar-refractivity contribution >= 4 is 21.7 Å². The summed E-state index contributed by atoms with van der Waals surface area (Å²) >= 11 is 0. The van der Waals surface area contributed by atoms with Gasteiger partial charge in [0, 0.05) is 14.1 Å². The van der Waals surface area contributed by atoms with E-state index >= 15 is 0 Å². The Labute approximate surface area is 88.8 Å². The van der Waals surface area contributed by atoms with E-state index in [4.69, 9.17) is 5.11 Å². The van der Waals surface area contributed by atoms with Gasteiger partial charge >= 0.3 is 5.97 Å². The molecule has 0 saturated carbocycles. The lowest BCUT2D eigenvalue weighted by molar-refractivity contribution is -0.136. The fourth-order valence-electron chi connectivity index (χ4n) is 0.951. The van der Waals surface area contributed by atoms with Gasteiger partial charge in [0.1, 0.15) is 5.25 Å². The van der Waals surface area contributed by atoms with Crippen LogP contribution in [-0.2, 0) is 19.4 Å². The summed E-state index contributed by atoms with van der Waals surface area (Å²) in [6.45, 7) is 2.24. The summed E-state index contributed by atoms with van der Waals surface area (Å²) in [6.07, 6.45) is 0. The predicted octanol–water partition coefficient (Wildman–Crippen LogP) is -0.649. The highest BCUT2D eigenvalue weighted by Gasteiger charge is 2.37. The zero-order valence-electron chi connectivity index (χ0n) is 9.09. The molecule has 0 aliphatic heterocycles. The van der Waals surface area contributed by atoms with E-state index in [1.807, 2.05) is 0 Å². The second-order valence-corrected chi connectivity index (χ2v) is 6.04. The molecule has 88 valence electrons. The molecule has 0 fully saturated rings. The van der Waals surface area contributed by atoms with Crippen LogP contribution in [0, 0.1) is 0 Å². The molecule has 0 aromatic rings. The third-order valence-electron chi connectivity index (χ3n) is 2.12. The number of aliphatic carboxylic acids is 1. The lowest BCUT2D eigenvalue weighted by Gasteiger charge is -2.18. The minimum atomic E-state index is -3.97. The fourth-order valence-corrected chi connectivity index (χ4v) is 2.34. The van der Waals surface area contributed by atoms with Crippen LogP contribution in [0.5, 0.6) is 0 Å². The van der Waals surface area contributed by atoms with Crippen molar-refractivity contribution in [2.24, 2.45) is 0 Å². The molecule has 0 rings (SSSR count). The smallest absolute Gasteiger partial charge is 0.321 e. The molecule has 0 bridgehead atoms. The molecule has 0 radical (unpaired) electrons. The van der Waals surface area contributed by atoms with Gasteiger partial charge in [-0.3, -0.25) is 9.59 Å². The molecule has 1 N–H and O–H groups in total. The second-order valence-electron chi connectivity index (χ2n) is 3.44. The molecule has 7 heteroatoms. The molecule has 1 amide bonds. The minimum Gasteiger partial charge on any atom is -0.480 e.